The lowest BCUT2D eigenvalue weighted by Gasteiger charge is -2.22. The molecule has 0 fully saturated rings. The molecular weight excluding hydrogens is 331 g/mol. The van der Waals surface area contributed by atoms with Crippen LogP contribution in [0, 0.1) is 5.92 Å². The minimum absolute atomic E-state index is 0.0627. The first kappa shape index (κ1) is 18.7. The van der Waals surface area contributed by atoms with Crippen molar-refractivity contribution in [3.05, 3.63) is 27.7 Å². The monoisotopic (exact) mass is 352 g/mol. The predicted molar refractivity (Wildman–Crippen MR) is 88.5 cm³/mol. The van der Waals surface area contributed by atoms with Gasteiger partial charge in [-0.1, -0.05) is 43.5 Å². The van der Waals surface area contributed by atoms with E-state index in [1.54, 1.807) is 20.2 Å². The number of nitrogens with zero attached hydrogens (tertiary/aromatic N) is 1. The van der Waals surface area contributed by atoms with Gasteiger partial charge >= 0.3 is 0 Å². The van der Waals surface area contributed by atoms with Crippen molar-refractivity contribution in [2.75, 3.05) is 20.6 Å². The van der Waals surface area contributed by atoms with Gasteiger partial charge in [0.2, 0.25) is 10.0 Å². The molecule has 0 aliphatic rings. The van der Waals surface area contributed by atoms with Crippen molar-refractivity contribution < 1.29 is 8.42 Å². The molecule has 1 aromatic rings. The Morgan fingerprint density at radius 1 is 1.33 bits per heavy atom. The maximum absolute atomic E-state index is 12.7. The zero-order chi connectivity index (χ0) is 16.2. The topological polar surface area (TPSA) is 49.4 Å². The fourth-order valence-electron chi connectivity index (χ4n) is 1.96. The molecule has 0 aliphatic heterocycles. The molecule has 1 rings (SSSR count). The summed E-state index contributed by atoms with van der Waals surface area (Å²) < 4.78 is 26.7. The highest BCUT2D eigenvalue weighted by atomic mass is 35.5. The van der Waals surface area contributed by atoms with Gasteiger partial charge < -0.3 is 5.32 Å². The molecule has 0 radical (unpaired) electrons. The summed E-state index contributed by atoms with van der Waals surface area (Å²) in [4.78, 5) is 0.0627. The first-order chi connectivity index (χ1) is 9.73. The van der Waals surface area contributed by atoms with E-state index in [1.807, 2.05) is 13.8 Å². The summed E-state index contributed by atoms with van der Waals surface area (Å²) in [6.07, 6.45) is 0.911. The summed E-state index contributed by atoms with van der Waals surface area (Å²) in [5, 5.41) is 3.54. The number of nitrogens with one attached hydrogen (secondary N) is 1. The molecule has 1 aromatic carbocycles. The molecule has 1 unspecified atom stereocenters. The Morgan fingerprint density at radius 2 is 1.95 bits per heavy atom. The highest BCUT2D eigenvalue weighted by Gasteiger charge is 2.26. The van der Waals surface area contributed by atoms with E-state index in [2.05, 4.69) is 5.32 Å². The van der Waals surface area contributed by atoms with Crippen molar-refractivity contribution in [3.8, 4) is 0 Å². The molecule has 0 heterocycles. The van der Waals surface area contributed by atoms with Gasteiger partial charge in [0.15, 0.2) is 0 Å². The summed E-state index contributed by atoms with van der Waals surface area (Å²) in [6.45, 7) is 4.95. The third kappa shape index (κ3) is 4.57. The fraction of sp³-hybridized carbons (Fsp3) is 0.571. The van der Waals surface area contributed by atoms with E-state index in [0.29, 0.717) is 23.7 Å². The van der Waals surface area contributed by atoms with Gasteiger partial charge in [-0.25, -0.2) is 12.7 Å². The van der Waals surface area contributed by atoms with Crippen LogP contribution in [-0.2, 0) is 16.6 Å². The Bertz CT molecular complexity index is 591. The maximum atomic E-state index is 12.7. The van der Waals surface area contributed by atoms with Crippen LogP contribution in [0.5, 0.6) is 0 Å². The molecule has 0 bridgehead atoms. The first-order valence-electron chi connectivity index (χ1n) is 6.82. The Labute approximate surface area is 137 Å². The van der Waals surface area contributed by atoms with E-state index in [4.69, 9.17) is 23.2 Å². The minimum Gasteiger partial charge on any atom is -0.316 e. The largest absolute Gasteiger partial charge is 0.316 e. The Kier molecular flexibility index (Phi) is 6.94. The summed E-state index contributed by atoms with van der Waals surface area (Å²) in [6, 6.07) is 3.08. The lowest BCUT2D eigenvalue weighted by molar-refractivity contribution is 0.393. The average molecular weight is 353 g/mol. The van der Waals surface area contributed by atoms with Crippen LogP contribution in [0.1, 0.15) is 25.8 Å². The normalized spacial score (nSPS) is 13.7. The van der Waals surface area contributed by atoms with E-state index >= 15 is 0 Å². The minimum atomic E-state index is -3.65. The van der Waals surface area contributed by atoms with Gasteiger partial charge in [-0.15, -0.1) is 0 Å². The Hall–Kier alpha value is -0.330. The second kappa shape index (κ2) is 7.79. The molecule has 0 aromatic heterocycles. The molecule has 0 amide bonds. The van der Waals surface area contributed by atoms with Gasteiger partial charge in [-0.3, -0.25) is 0 Å². The lowest BCUT2D eigenvalue weighted by atomic mass is 10.1. The second-order valence-electron chi connectivity index (χ2n) is 5.21. The standard InChI is InChI=1S/C14H22Cl2N2O2S/c1-5-10(2)9-18(4)21(19,20)13-7-12(15)6-11(8-17-3)14(13)16/h6-7,10,17H,5,8-9H2,1-4H3. The van der Waals surface area contributed by atoms with Gasteiger partial charge in [-0.05, 0) is 30.7 Å². The van der Waals surface area contributed by atoms with Crippen molar-refractivity contribution in [1.29, 1.82) is 0 Å². The van der Waals surface area contributed by atoms with Crippen molar-refractivity contribution in [2.24, 2.45) is 5.92 Å². The molecule has 4 nitrogen and oxygen atoms in total. The molecule has 120 valence electrons. The van der Waals surface area contributed by atoms with Crippen LogP contribution in [-0.4, -0.2) is 33.4 Å². The summed E-state index contributed by atoms with van der Waals surface area (Å²) >= 11 is 12.3. The van der Waals surface area contributed by atoms with Crippen LogP contribution >= 0.6 is 23.2 Å². The van der Waals surface area contributed by atoms with Gasteiger partial charge in [-0.2, -0.15) is 0 Å². The van der Waals surface area contributed by atoms with Gasteiger partial charge in [0, 0.05) is 25.2 Å². The third-order valence-corrected chi connectivity index (χ3v) is 6.02. The Morgan fingerprint density at radius 3 is 2.48 bits per heavy atom. The molecule has 1 atom stereocenters. The molecule has 0 saturated carbocycles. The van der Waals surface area contributed by atoms with Crippen molar-refractivity contribution >= 4 is 33.2 Å². The third-order valence-electron chi connectivity index (χ3n) is 3.40. The number of rotatable bonds is 7. The highest BCUT2D eigenvalue weighted by molar-refractivity contribution is 7.89. The molecule has 21 heavy (non-hydrogen) atoms. The quantitative estimate of drug-likeness (QED) is 0.818. The molecular formula is C14H22Cl2N2O2S. The van der Waals surface area contributed by atoms with Gasteiger partial charge in [0.25, 0.3) is 0 Å². The molecule has 0 spiro atoms. The van der Waals surface area contributed by atoms with Crippen LogP contribution < -0.4 is 5.32 Å². The van der Waals surface area contributed by atoms with Gasteiger partial charge in [0.05, 0.1) is 5.02 Å². The zero-order valence-electron chi connectivity index (χ0n) is 12.8. The fourth-order valence-corrected chi connectivity index (χ4v) is 4.15. The summed E-state index contributed by atoms with van der Waals surface area (Å²) in [5.74, 6) is 0.277. The van der Waals surface area contributed by atoms with Crippen LogP contribution in [0.25, 0.3) is 0 Å². The molecule has 1 N–H and O–H groups in total. The van der Waals surface area contributed by atoms with Gasteiger partial charge in [0.1, 0.15) is 4.90 Å². The SMILES string of the molecule is CCC(C)CN(C)S(=O)(=O)c1cc(Cl)cc(CNC)c1Cl. The van der Waals surface area contributed by atoms with Crippen molar-refractivity contribution in [3.63, 3.8) is 0 Å². The van der Waals surface area contributed by atoms with E-state index in [0.717, 1.165) is 6.42 Å². The predicted octanol–water partition coefficient (Wildman–Crippen LogP) is 3.38. The second-order valence-corrected chi connectivity index (χ2v) is 8.03. The Balaban J connectivity index is 3.25. The number of hydrogen-bond acceptors (Lipinski definition) is 3. The molecule has 7 heteroatoms. The number of benzene rings is 1. The van der Waals surface area contributed by atoms with Crippen molar-refractivity contribution in [2.45, 2.75) is 31.7 Å². The van der Waals surface area contributed by atoms with Crippen LogP contribution in [0.4, 0.5) is 0 Å². The van der Waals surface area contributed by atoms with E-state index < -0.39 is 10.0 Å². The number of halogens is 2. The van der Waals surface area contributed by atoms with Crippen molar-refractivity contribution in [1.82, 2.24) is 9.62 Å². The van der Waals surface area contributed by atoms with Crippen LogP contribution in [0.3, 0.4) is 0 Å². The zero-order valence-corrected chi connectivity index (χ0v) is 15.1. The van der Waals surface area contributed by atoms with Crippen LogP contribution in [0.2, 0.25) is 10.0 Å². The lowest BCUT2D eigenvalue weighted by Crippen LogP contribution is -2.31. The first-order valence-corrected chi connectivity index (χ1v) is 9.02. The van der Waals surface area contributed by atoms with E-state index in [-0.39, 0.29) is 15.8 Å². The molecule has 0 saturated heterocycles. The van der Waals surface area contributed by atoms with E-state index in [9.17, 15) is 8.42 Å². The summed E-state index contributed by atoms with van der Waals surface area (Å²) in [5.41, 5.74) is 0.669. The average Bonchev–Trinajstić information content (AvgIpc) is 2.42. The number of sulfonamides is 1. The van der Waals surface area contributed by atoms with Crippen LogP contribution in [0.15, 0.2) is 17.0 Å². The highest BCUT2D eigenvalue weighted by Crippen LogP contribution is 2.31. The van der Waals surface area contributed by atoms with E-state index in [1.165, 1.54) is 10.4 Å². The number of hydrogen-bond donors (Lipinski definition) is 1. The smallest absolute Gasteiger partial charge is 0.244 e. The summed E-state index contributed by atoms with van der Waals surface area (Å²) in [7, 11) is -0.319. The molecule has 0 aliphatic carbocycles. The maximum Gasteiger partial charge on any atom is 0.244 e.